The Morgan fingerprint density at radius 2 is 2.19 bits per heavy atom. The van der Waals surface area contributed by atoms with Crippen molar-refractivity contribution in [1.82, 2.24) is 19.8 Å². The lowest BCUT2D eigenvalue weighted by molar-refractivity contribution is -0.146. The normalized spacial score (nSPS) is 24.3. The van der Waals surface area contributed by atoms with Crippen molar-refractivity contribution in [3.63, 3.8) is 0 Å². The quantitative estimate of drug-likeness (QED) is 0.917. The number of ether oxygens (including phenoxy) is 1. The second kappa shape index (κ2) is 7.37. The summed E-state index contributed by atoms with van der Waals surface area (Å²) >= 11 is 0. The van der Waals surface area contributed by atoms with Crippen LogP contribution in [0, 0.1) is 0 Å². The van der Waals surface area contributed by atoms with Crippen molar-refractivity contribution in [3.8, 4) is 0 Å². The third-order valence-electron chi connectivity index (χ3n) is 5.44. The summed E-state index contributed by atoms with van der Waals surface area (Å²) in [5.41, 5.74) is 2.22. The summed E-state index contributed by atoms with van der Waals surface area (Å²) in [5.74, 6) is 1.51. The Balaban J connectivity index is 1.59. The van der Waals surface area contributed by atoms with Crippen LogP contribution in [-0.2, 0) is 9.53 Å². The monoisotopic (exact) mass is 356 g/mol. The lowest BCUT2D eigenvalue weighted by Crippen LogP contribution is -2.51. The summed E-state index contributed by atoms with van der Waals surface area (Å²) in [6.45, 7) is 7.99. The van der Waals surface area contributed by atoms with Crippen LogP contribution >= 0.6 is 0 Å². The van der Waals surface area contributed by atoms with Crippen molar-refractivity contribution < 1.29 is 9.53 Å². The standard InChI is InChI=1S/C20H28N4O2/c1-14(2)24-17-8-4-3-7-16(17)22-19(24)15-6-5-10-23(13-15)20(25)18-12-21-9-11-26-18/h3-4,7-8,14-15,18,21H,5-6,9-13H2,1-2H3/t15-,18-/m0/s1. The number of nitrogens with zero attached hydrogens (tertiary/aromatic N) is 3. The Morgan fingerprint density at radius 1 is 1.35 bits per heavy atom. The van der Waals surface area contributed by atoms with Crippen molar-refractivity contribution in [2.45, 2.75) is 44.8 Å². The fourth-order valence-corrected chi connectivity index (χ4v) is 4.21. The Kier molecular flexibility index (Phi) is 4.96. The summed E-state index contributed by atoms with van der Waals surface area (Å²) in [4.78, 5) is 19.8. The maximum atomic E-state index is 12.9. The first kappa shape index (κ1) is 17.5. The van der Waals surface area contributed by atoms with Gasteiger partial charge in [0.15, 0.2) is 0 Å². The van der Waals surface area contributed by atoms with Gasteiger partial charge in [-0.15, -0.1) is 0 Å². The summed E-state index contributed by atoms with van der Waals surface area (Å²) in [6, 6.07) is 8.66. The molecule has 6 heteroatoms. The van der Waals surface area contributed by atoms with Crippen molar-refractivity contribution >= 4 is 16.9 Å². The van der Waals surface area contributed by atoms with E-state index in [1.54, 1.807) is 0 Å². The molecule has 140 valence electrons. The number of nitrogens with one attached hydrogen (secondary N) is 1. The maximum absolute atomic E-state index is 12.9. The van der Waals surface area contributed by atoms with Crippen LogP contribution in [0.25, 0.3) is 11.0 Å². The highest BCUT2D eigenvalue weighted by Gasteiger charge is 2.33. The zero-order valence-corrected chi connectivity index (χ0v) is 15.6. The van der Waals surface area contributed by atoms with E-state index in [0.29, 0.717) is 19.2 Å². The van der Waals surface area contributed by atoms with Gasteiger partial charge < -0.3 is 19.5 Å². The summed E-state index contributed by atoms with van der Waals surface area (Å²) in [5, 5.41) is 3.25. The fraction of sp³-hybridized carbons (Fsp3) is 0.600. The number of likely N-dealkylation sites (tertiary alicyclic amines) is 1. The fourth-order valence-electron chi connectivity index (χ4n) is 4.21. The molecule has 2 aromatic rings. The molecule has 0 unspecified atom stereocenters. The van der Waals surface area contributed by atoms with E-state index in [9.17, 15) is 4.79 Å². The van der Waals surface area contributed by atoms with Crippen LogP contribution in [0.5, 0.6) is 0 Å². The smallest absolute Gasteiger partial charge is 0.253 e. The van der Waals surface area contributed by atoms with Crippen LogP contribution in [-0.4, -0.2) is 59.2 Å². The number of hydrogen-bond acceptors (Lipinski definition) is 4. The Labute approximate surface area is 154 Å². The topological polar surface area (TPSA) is 59.4 Å². The van der Waals surface area contributed by atoms with Gasteiger partial charge in [0.1, 0.15) is 11.9 Å². The van der Waals surface area contributed by atoms with E-state index >= 15 is 0 Å². The lowest BCUT2D eigenvalue weighted by Gasteiger charge is -2.36. The number of rotatable bonds is 3. The molecule has 3 heterocycles. The zero-order valence-electron chi connectivity index (χ0n) is 15.6. The van der Waals surface area contributed by atoms with Gasteiger partial charge in [0.25, 0.3) is 5.91 Å². The number of piperidine rings is 1. The van der Waals surface area contributed by atoms with Gasteiger partial charge in [-0.2, -0.15) is 0 Å². The third-order valence-corrected chi connectivity index (χ3v) is 5.44. The van der Waals surface area contributed by atoms with Crippen LogP contribution in [0.1, 0.15) is 44.5 Å². The number of fused-ring (bicyclic) bond motifs is 1. The van der Waals surface area contributed by atoms with E-state index in [1.807, 2.05) is 11.0 Å². The first-order chi connectivity index (χ1) is 12.6. The Hall–Kier alpha value is -1.92. The molecule has 1 aromatic carbocycles. The molecule has 4 rings (SSSR count). The van der Waals surface area contributed by atoms with Crippen molar-refractivity contribution in [2.75, 3.05) is 32.8 Å². The number of aromatic nitrogens is 2. The molecular weight excluding hydrogens is 328 g/mol. The van der Waals surface area contributed by atoms with Crippen LogP contribution in [0.2, 0.25) is 0 Å². The molecule has 0 bridgehead atoms. The van der Waals surface area contributed by atoms with Crippen molar-refractivity contribution in [2.24, 2.45) is 0 Å². The van der Waals surface area contributed by atoms with Gasteiger partial charge in [0.05, 0.1) is 17.6 Å². The minimum Gasteiger partial charge on any atom is -0.366 e. The molecule has 1 amide bonds. The highest BCUT2D eigenvalue weighted by Crippen LogP contribution is 2.31. The third kappa shape index (κ3) is 3.23. The van der Waals surface area contributed by atoms with Crippen LogP contribution in [0.15, 0.2) is 24.3 Å². The number of morpholine rings is 1. The maximum Gasteiger partial charge on any atom is 0.253 e. The van der Waals surface area contributed by atoms with E-state index in [4.69, 9.17) is 9.72 Å². The van der Waals surface area contributed by atoms with Crippen molar-refractivity contribution in [3.05, 3.63) is 30.1 Å². The minimum atomic E-state index is -0.341. The van der Waals surface area contributed by atoms with Gasteiger partial charge in [-0.3, -0.25) is 4.79 Å². The number of carbonyl (C=O) groups excluding carboxylic acids is 1. The average molecular weight is 356 g/mol. The molecular formula is C20H28N4O2. The summed E-state index contributed by atoms with van der Waals surface area (Å²) < 4.78 is 8.01. The molecule has 0 spiro atoms. The van der Waals surface area contributed by atoms with Gasteiger partial charge in [0, 0.05) is 38.1 Å². The number of carbonyl (C=O) groups is 1. The SMILES string of the molecule is CC(C)n1c([C@H]2CCCN(C(=O)[C@@H]3CNCCO3)C2)nc2ccccc21. The molecule has 1 N–H and O–H groups in total. The number of amides is 1. The Morgan fingerprint density at radius 3 is 2.96 bits per heavy atom. The number of benzene rings is 1. The van der Waals surface area contributed by atoms with Gasteiger partial charge >= 0.3 is 0 Å². The number of para-hydroxylation sites is 2. The molecule has 0 saturated carbocycles. The highest BCUT2D eigenvalue weighted by molar-refractivity contribution is 5.81. The minimum absolute atomic E-state index is 0.120. The Bertz CT molecular complexity index is 779. The number of imidazole rings is 1. The van der Waals surface area contributed by atoms with E-state index < -0.39 is 0 Å². The van der Waals surface area contributed by atoms with Crippen LogP contribution < -0.4 is 5.32 Å². The molecule has 6 nitrogen and oxygen atoms in total. The van der Waals surface area contributed by atoms with Crippen molar-refractivity contribution in [1.29, 1.82) is 0 Å². The van der Waals surface area contributed by atoms with Gasteiger partial charge in [-0.25, -0.2) is 4.98 Å². The van der Waals surface area contributed by atoms with Crippen LogP contribution in [0.4, 0.5) is 0 Å². The van der Waals surface area contributed by atoms with Gasteiger partial charge in [0.2, 0.25) is 0 Å². The first-order valence-electron chi connectivity index (χ1n) is 9.73. The zero-order chi connectivity index (χ0) is 18.1. The summed E-state index contributed by atoms with van der Waals surface area (Å²) in [6.07, 6.45) is 1.74. The van der Waals surface area contributed by atoms with Gasteiger partial charge in [-0.1, -0.05) is 12.1 Å². The van der Waals surface area contributed by atoms with Gasteiger partial charge in [-0.05, 0) is 38.8 Å². The van der Waals surface area contributed by atoms with E-state index in [2.05, 4.69) is 41.9 Å². The first-order valence-corrected chi connectivity index (χ1v) is 9.73. The second-order valence-corrected chi connectivity index (χ2v) is 7.61. The lowest BCUT2D eigenvalue weighted by atomic mass is 9.96. The van der Waals surface area contributed by atoms with Crippen LogP contribution in [0.3, 0.4) is 0 Å². The molecule has 2 fully saturated rings. The largest absolute Gasteiger partial charge is 0.366 e. The van der Waals surface area contributed by atoms with E-state index in [-0.39, 0.29) is 17.9 Å². The number of hydrogen-bond donors (Lipinski definition) is 1. The second-order valence-electron chi connectivity index (χ2n) is 7.61. The van der Waals surface area contributed by atoms with E-state index in [0.717, 1.165) is 43.8 Å². The molecule has 2 saturated heterocycles. The molecule has 2 atom stereocenters. The molecule has 2 aliphatic heterocycles. The molecule has 1 aromatic heterocycles. The molecule has 26 heavy (non-hydrogen) atoms. The van der Waals surface area contributed by atoms with E-state index in [1.165, 1.54) is 5.52 Å². The molecule has 0 radical (unpaired) electrons. The average Bonchev–Trinajstić information content (AvgIpc) is 3.08. The highest BCUT2D eigenvalue weighted by atomic mass is 16.5. The molecule has 0 aliphatic carbocycles. The molecule has 2 aliphatic rings. The summed E-state index contributed by atoms with van der Waals surface area (Å²) in [7, 11) is 0. The predicted octanol–water partition coefficient (Wildman–Crippen LogP) is 2.31. The predicted molar refractivity (Wildman–Crippen MR) is 101 cm³/mol.